The predicted molar refractivity (Wildman–Crippen MR) is 68.6 cm³/mol. The van der Waals surface area contributed by atoms with Crippen molar-refractivity contribution >= 4 is 18.3 Å². The van der Waals surface area contributed by atoms with E-state index in [1.165, 1.54) is 12.1 Å². The van der Waals surface area contributed by atoms with Gasteiger partial charge in [0.1, 0.15) is 5.82 Å². The fourth-order valence-corrected chi connectivity index (χ4v) is 1.36. The molecule has 1 rings (SSSR count). The minimum atomic E-state index is -0.246. The zero-order valence-electron chi connectivity index (χ0n) is 9.78. The van der Waals surface area contributed by atoms with E-state index in [0.717, 1.165) is 5.56 Å². The average molecular weight is 261 g/mol. The Bertz CT molecular complexity index is 341. The van der Waals surface area contributed by atoms with Gasteiger partial charge in [0.2, 0.25) is 5.91 Å². The molecule has 0 heterocycles. The lowest BCUT2D eigenvalue weighted by Gasteiger charge is -2.07. The SMILES string of the molecule is CC(N)CC(=O)NCCc1ccc(F)cc1.Cl. The van der Waals surface area contributed by atoms with E-state index >= 15 is 0 Å². The van der Waals surface area contributed by atoms with E-state index in [9.17, 15) is 9.18 Å². The summed E-state index contributed by atoms with van der Waals surface area (Å²) in [4.78, 5) is 11.2. The van der Waals surface area contributed by atoms with Crippen molar-refractivity contribution in [2.45, 2.75) is 25.8 Å². The first-order valence-corrected chi connectivity index (χ1v) is 5.34. The molecule has 1 atom stereocenters. The number of benzene rings is 1. The van der Waals surface area contributed by atoms with Crippen molar-refractivity contribution in [3.05, 3.63) is 35.6 Å². The standard InChI is InChI=1S/C12H17FN2O.ClH/c1-9(14)8-12(16)15-7-6-10-2-4-11(13)5-3-10;/h2-5,9H,6-8,14H2,1H3,(H,15,16);1H. The second-order valence-electron chi connectivity index (χ2n) is 3.91. The highest BCUT2D eigenvalue weighted by Crippen LogP contribution is 2.02. The van der Waals surface area contributed by atoms with Crippen molar-refractivity contribution in [2.24, 2.45) is 5.73 Å². The van der Waals surface area contributed by atoms with Gasteiger partial charge < -0.3 is 11.1 Å². The average Bonchev–Trinajstić information content (AvgIpc) is 2.20. The first kappa shape index (κ1) is 15.9. The molecular formula is C12H18ClFN2O. The van der Waals surface area contributed by atoms with Gasteiger partial charge in [0.05, 0.1) is 0 Å². The Balaban J connectivity index is 0.00000256. The van der Waals surface area contributed by atoms with Crippen LogP contribution in [0.5, 0.6) is 0 Å². The van der Waals surface area contributed by atoms with Crippen molar-refractivity contribution in [1.82, 2.24) is 5.32 Å². The summed E-state index contributed by atoms with van der Waals surface area (Å²) in [5.74, 6) is -0.290. The number of carbonyl (C=O) groups is 1. The zero-order valence-corrected chi connectivity index (χ0v) is 10.6. The molecule has 96 valence electrons. The molecule has 0 aliphatic heterocycles. The van der Waals surface area contributed by atoms with Crippen LogP contribution in [-0.4, -0.2) is 18.5 Å². The van der Waals surface area contributed by atoms with Gasteiger partial charge in [-0.25, -0.2) is 4.39 Å². The van der Waals surface area contributed by atoms with E-state index in [-0.39, 0.29) is 30.2 Å². The molecule has 3 nitrogen and oxygen atoms in total. The molecule has 3 N–H and O–H groups in total. The summed E-state index contributed by atoms with van der Waals surface area (Å²) in [6.45, 7) is 2.34. The number of rotatable bonds is 5. The number of carbonyl (C=O) groups excluding carboxylic acids is 1. The zero-order chi connectivity index (χ0) is 12.0. The maximum atomic E-state index is 12.6. The molecule has 0 aliphatic carbocycles. The Morgan fingerprint density at radius 3 is 2.53 bits per heavy atom. The number of hydrogen-bond acceptors (Lipinski definition) is 2. The third kappa shape index (κ3) is 6.92. The minimum absolute atomic E-state index is 0. The number of halogens is 2. The van der Waals surface area contributed by atoms with Gasteiger partial charge in [-0.15, -0.1) is 12.4 Å². The smallest absolute Gasteiger partial charge is 0.221 e. The Labute approximate surface area is 107 Å². The molecule has 0 bridgehead atoms. The summed E-state index contributed by atoms with van der Waals surface area (Å²) in [5.41, 5.74) is 6.49. The van der Waals surface area contributed by atoms with E-state index in [2.05, 4.69) is 5.32 Å². The molecule has 0 saturated heterocycles. The van der Waals surface area contributed by atoms with Crippen LogP contribution in [0.15, 0.2) is 24.3 Å². The largest absolute Gasteiger partial charge is 0.356 e. The molecular weight excluding hydrogens is 243 g/mol. The lowest BCUT2D eigenvalue weighted by atomic mass is 10.1. The van der Waals surface area contributed by atoms with E-state index in [1.807, 2.05) is 0 Å². The van der Waals surface area contributed by atoms with Gasteiger partial charge in [0.25, 0.3) is 0 Å². The van der Waals surface area contributed by atoms with Crippen LogP contribution >= 0.6 is 12.4 Å². The molecule has 0 spiro atoms. The van der Waals surface area contributed by atoms with E-state index in [4.69, 9.17) is 5.73 Å². The molecule has 0 aromatic heterocycles. The van der Waals surface area contributed by atoms with Gasteiger partial charge >= 0.3 is 0 Å². The van der Waals surface area contributed by atoms with Crippen molar-refractivity contribution in [3.63, 3.8) is 0 Å². The molecule has 1 amide bonds. The quantitative estimate of drug-likeness (QED) is 0.846. The van der Waals surface area contributed by atoms with Crippen molar-refractivity contribution in [1.29, 1.82) is 0 Å². The Hall–Kier alpha value is -1.13. The summed E-state index contributed by atoms with van der Waals surface area (Å²) < 4.78 is 12.6. The van der Waals surface area contributed by atoms with E-state index in [1.54, 1.807) is 19.1 Å². The van der Waals surface area contributed by atoms with Crippen molar-refractivity contribution in [2.75, 3.05) is 6.54 Å². The Kier molecular flexibility index (Phi) is 7.50. The van der Waals surface area contributed by atoms with Crippen LogP contribution in [0.1, 0.15) is 18.9 Å². The molecule has 1 unspecified atom stereocenters. The van der Waals surface area contributed by atoms with Crippen LogP contribution in [0, 0.1) is 5.82 Å². The summed E-state index contributed by atoms with van der Waals surface area (Å²) in [7, 11) is 0. The molecule has 17 heavy (non-hydrogen) atoms. The maximum absolute atomic E-state index is 12.6. The minimum Gasteiger partial charge on any atom is -0.356 e. The Morgan fingerprint density at radius 1 is 1.41 bits per heavy atom. The monoisotopic (exact) mass is 260 g/mol. The first-order valence-electron chi connectivity index (χ1n) is 5.34. The number of hydrogen-bond donors (Lipinski definition) is 2. The predicted octanol–water partition coefficient (Wildman–Crippen LogP) is 1.64. The van der Waals surface area contributed by atoms with Gasteiger partial charge in [0, 0.05) is 19.0 Å². The van der Waals surface area contributed by atoms with E-state index in [0.29, 0.717) is 19.4 Å². The second-order valence-corrected chi connectivity index (χ2v) is 3.91. The molecule has 0 radical (unpaired) electrons. The molecule has 1 aromatic rings. The third-order valence-electron chi connectivity index (χ3n) is 2.16. The lowest BCUT2D eigenvalue weighted by Crippen LogP contribution is -2.31. The highest BCUT2D eigenvalue weighted by molar-refractivity contribution is 5.85. The fraction of sp³-hybridized carbons (Fsp3) is 0.417. The van der Waals surface area contributed by atoms with Crippen LogP contribution in [0.4, 0.5) is 4.39 Å². The van der Waals surface area contributed by atoms with Crippen molar-refractivity contribution < 1.29 is 9.18 Å². The highest BCUT2D eigenvalue weighted by Gasteiger charge is 2.03. The van der Waals surface area contributed by atoms with Crippen LogP contribution in [-0.2, 0) is 11.2 Å². The number of nitrogens with one attached hydrogen (secondary N) is 1. The second kappa shape index (κ2) is 8.03. The van der Waals surface area contributed by atoms with Crippen LogP contribution in [0.25, 0.3) is 0 Å². The number of nitrogens with two attached hydrogens (primary N) is 1. The first-order chi connectivity index (χ1) is 7.58. The third-order valence-corrected chi connectivity index (χ3v) is 2.16. The summed E-state index contributed by atoms with van der Waals surface area (Å²) in [6.07, 6.45) is 1.04. The molecule has 5 heteroatoms. The molecule has 0 aliphatic rings. The Morgan fingerprint density at radius 2 is 2.00 bits per heavy atom. The highest BCUT2D eigenvalue weighted by atomic mass is 35.5. The molecule has 0 saturated carbocycles. The lowest BCUT2D eigenvalue weighted by molar-refractivity contribution is -0.121. The van der Waals surface area contributed by atoms with Gasteiger partial charge in [-0.3, -0.25) is 4.79 Å². The van der Waals surface area contributed by atoms with Gasteiger partial charge in [-0.05, 0) is 31.0 Å². The summed E-state index contributed by atoms with van der Waals surface area (Å²) >= 11 is 0. The maximum Gasteiger partial charge on any atom is 0.221 e. The van der Waals surface area contributed by atoms with Gasteiger partial charge in [-0.2, -0.15) is 0 Å². The summed E-state index contributed by atoms with van der Waals surface area (Å²) in [5, 5.41) is 2.76. The molecule has 1 aromatic carbocycles. The topological polar surface area (TPSA) is 55.1 Å². The van der Waals surface area contributed by atoms with Crippen LogP contribution in [0.3, 0.4) is 0 Å². The van der Waals surface area contributed by atoms with Gasteiger partial charge in [0.15, 0.2) is 0 Å². The van der Waals surface area contributed by atoms with Gasteiger partial charge in [-0.1, -0.05) is 12.1 Å². The summed E-state index contributed by atoms with van der Waals surface area (Å²) in [6, 6.07) is 6.14. The fourth-order valence-electron chi connectivity index (χ4n) is 1.36. The van der Waals surface area contributed by atoms with Crippen molar-refractivity contribution in [3.8, 4) is 0 Å². The van der Waals surface area contributed by atoms with Crippen LogP contribution in [0.2, 0.25) is 0 Å². The normalized spacial score (nSPS) is 11.5. The van der Waals surface area contributed by atoms with Crippen LogP contribution < -0.4 is 11.1 Å². The molecule has 0 fully saturated rings. The van der Waals surface area contributed by atoms with E-state index < -0.39 is 0 Å². The number of amides is 1.